The number of nitrogens with two attached hydrogens (primary N) is 2. The van der Waals surface area contributed by atoms with E-state index < -0.39 is 0 Å². The van der Waals surface area contributed by atoms with Gasteiger partial charge in [0.25, 0.3) is 0 Å². The number of carbonyl (C=O) groups is 1. The second kappa shape index (κ2) is 4.29. The predicted octanol–water partition coefficient (Wildman–Crippen LogP) is -1.16. The zero-order chi connectivity index (χ0) is 7.28. The van der Waals surface area contributed by atoms with Crippen molar-refractivity contribution in [3.05, 3.63) is 0 Å². The van der Waals surface area contributed by atoms with E-state index in [9.17, 15) is 4.79 Å². The van der Waals surface area contributed by atoms with Gasteiger partial charge in [-0.3, -0.25) is 4.79 Å². The van der Waals surface area contributed by atoms with Crippen LogP contribution in [0.2, 0.25) is 0 Å². The summed E-state index contributed by atoms with van der Waals surface area (Å²) < 4.78 is 4.35. The lowest BCUT2D eigenvalue weighted by molar-refractivity contribution is -0.140. The Bertz CT molecular complexity index is 95.0. The molecule has 0 radical (unpaired) electrons. The summed E-state index contributed by atoms with van der Waals surface area (Å²) in [6.07, 6.45) is 0.201. The molecule has 0 unspecified atom stereocenters. The third kappa shape index (κ3) is 3.93. The Labute approximate surface area is 54.2 Å². The maximum absolute atomic E-state index is 10.4. The molecule has 0 bridgehead atoms. The zero-order valence-corrected chi connectivity index (χ0v) is 5.46. The van der Waals surface area contributed by atoms with Crippen LogP contribution in [0.25, 0.3) is 0 Å². The van der Waals surface area contributed by atoms with Crippen molar-refractivity contribution in [3.63, 3.8) is 0 Å². The van der Waals surface area contributed by atoms with Crippen molar-refractivity contribution in [2.24, 2.45) is 11.5 Å². The molecule has 0 saturated carbocycles. The van der Waals surface area contributed by atoms with Gasteiger partial charge in [-0.2, -0.15) is 0 Å². The van der Waals surface area contributed by atoms with E-state index in [0.29, 0.717) is 6.54 Å². The number of ether oxygens (including phenoxy) is 1. The molecule has 0 aliphatic rings. The second-order valence-corrected chi connectivity index (χ2v) is 1.78. The highest BCUT2D eigenvalue weighted by molar-refractivity contribution is 5.69. The highest BCUT2D eigenvalue weighted by Gasteiger charge is 2.05. The molecular weight excluding hydrogens is 120 g/mol. The van der Waals surface area contributed by atoms with Crippen LogP contribution in [0.4, 0.5) is 0 Å². The minimum absolute atomic E-state index is 0.201. The second-order valence-electron chi connectivity index (χ2n) is 1.78. The largest absolute Gasteiger partial charge is 0.469 e. The summed E-state index contributed by atoms with van der Waals surface area (Å²) in [6.45, 7) is 0.315. The van der Waals surface area contributed by atoms with Crippen LogP contribution in [-0.4, -0.2) is 25.7 Å². The third-order valence-corrected chi connectivity index (χ3v) is 0.959. The lowest BCUT2D eigenvalue weighted by Crippen LogP contribution is -2.32. The molecule has 4 N–H and O–H groups in total. The van der Waals surface area contributed by atoms with Crippen LogP contribution in [0.5, 0.6) is 0 Å². The molecule has 0 saturated heterocycles. The minimum Gasteiger partial charge on any atom is -0.469 e. The normalized spacial score (nSPS) is 12.8. The van der Waals surface area contributed by atoms with Gasteiger partial charge in [0.05, 0.1) is 13.5 Å². The van der Waals surface area contributed by atoms with Crippen molar-refractivity contribution in [2.75, 3.05) is 13.7 Å². The van der Waals surface area contributed by atoms with Crippen LogP contribution < -0.4 is 11.5 Å². The quantitative estimate of drug-likeness (QED) is 0.474. The number of carbonyl (C=O) groups excluding carboxylic acids is 1. The van der Waals surface area contributed by atoms with Crippen molar-refractivity contribution in [1.29, 1.82) is 0 Å². The average Bonchev–Trinajstić information content (AvgIpc) is 1.87. The fourth-order valence-corrected chi connectivity index (χ4v) is 0.381. The minimum atomic E-state index is -0.312. The van der Waals surface area contributed by atoms with Crippen molar-refractivity contribution in [2.45, 2.75) is 12.5 Å². The summed E-state index contributed by atoms with van der Waals surface area (Å²) in [5.74, 6) is -0.312. The lowest BCUT2D eigenvalue weighted by Gasteiger charge is -2.04. The Morgan fingerprint density at radius 2 is 2.33 bits per heavy atom. The van der Waals surface area contributed by atoms with E-state index >= 15 is 0 Å². The highest BCUT2D eigenvalue weighted by atomic mass is 16.5. The molecule has 0 rings (SSSR count). The Hall–Kier alpha value is -0.610. The molecule has 9 heavy (non-hydrogen) atoms. The SMILES string of the molecule is COC(=O)C[C@H](N)CN. The maximum Gasteiger partial charge on any atom is 0.307 e. The van der Waals surface area contributed by atoms with E-state index in [-0.39, 0.29) is 18.4 Å². The molecule has 0 aromatic rings. The number of hydrogen-bond donors (Lipinski definition) is 2. The zero-order valence-electron chi connectivity index (χ0n) is 5.46. The Morgan fingerprint density at radius 3 is 2.67 bits per heavy atom. The van der Waals surface area contributed by atoms with E-state index in [2.05, 4.69) is 4.74 Å². The molecule has 0 aliphatic carbocycles. The molecule has 0 amide bonds. The standard InChI is InChI=1S/C5H12N2O2/c1-9-5(8)2-4(7)3-6/h4H,2-3,6-7H2,1H3/t4-/m0/s1. The number of esters is 1. The monoisotopic (exact) mass is 132 g/mol. The average molecular weight is 132 g/mol. The molecular formula is C5H12N2O2. The summed E-state index contributed by atoms with van der Waals surface area (Å²) in [5, 5.41) is 0. The van der Waals surface area contributed by atoms with E-state index in [1.54, 1.807) is 0 Å². The first-order valence-corrected chi connectivity index (χ1v) is 2.73. The smallest absolute Gasteiger partial charge is 0.307 e. The van der Waals surface area contributed by atoms with E-state index in [1.807, 2.05) is 0 Å². The molecule has 0 aliphatic heterocycles. The highest BCUT2D eigenvalue weighted by Crippen LogP contribution is 1.86. The number of methoxy groups -OCH3 is 1. The van der Waals surface area contributed by atoms with E-state index in [4.69, 9.17) is 11.5 Å². The summed E-state index contributed by atoms with van der Waals surface area (Å²) in [7, 11) is 1.32. The van der Waals surface area contributed by atoms with Crippen LogP contribution in [0.1, 0.15) is 6.42 Å². The van der Waals surface area contributed by atoms with Crippen LogP contribution in [0.3, 0.4) is 0 Å². The van der Waals surface area contributed by atoms with Gasteiger partial charge in [-0.05, 0) is 0 Å². The van der Waals surface area contributed by atoms with Gasteiger partial charge in [0.2, 0.25) is 0 Å². The van der Waals surface area contributed by atoms with Gasteiger partial charge in [-0.15, -0.1) is 0 Å². The summed E-state index contributed by atoms with van der Waals surface area (Å²) in [6, 6.07) is -0.266. The number of rotatable bonds is 3. The Morgan fingerprint density at radius 1 is 1.78 bits per heavy atom. The molecule has 4 nitrogen and oxygen atoms in total. The fraction of sp³-hybridized carbons (Fsp3) is 0.800. The summed E-state index contributed by atoms with van der Waals surface area (Å²) >= 11 is 0. The first-order chi connectivity index (χ1) is 4.20. The van der Waals surface area contributed by atoms with Crippen LogP contribution >= 0.6 is 0 Å². The van der Waals surface area contributed by atoms with E-state index in [1.165, 1.54) is 7.11 Å². The Kier molecular flexibility index (Phi) is 4.00. The maximum atomic E-state index is 10.4. The molecule has 1 atom stereocenters. The van der Waals surface area contributed by atoms with Crippen molar-refractivity contribution in [1.82, 2.24) is 0 Å². The van der Waals surface area contributed by atoms with Crippen molar-refractivity contribution in [3.8, 4) is 0 Å². The van der Waals surface area contributed by atoms with Gasteiger partial charge in [-0.25, -0.2) is 0 Å². The molecule has 4 heteroatoms. The van der Waals surface area contributed by atoms with Gasteiger partial charge in [-0.1, -0.05) is 0 Å². The van der Waals surface area contributed by atoms with Crippen molar-refractivity contribution < 1.29 is 9.53 Å². The first-order valence-electron chi connectivity index (χ1n) is 2.73. The first kappa shape index (κ1) is 8.39. The predicted molar refractivity (Wildman–Crippen MR) is 33.7 cm³/mol. The van der Waals surface area contributed by atoms with Gasteiger partial charge < -0.3 is 16.2 Å². The molecule has 0 spiro atoms. The van der Waals surface area contributed by atoms with Gasteiger partial charge in [0.15, 0.2) is 0 Å². The topological polar surface area (TPSA) is 78.3 Å². The summed E-state index contributed by atoms with van der Waals surface area (Å²) in [4.78, 5) is 10.4. The molecule has 0 heterocycles. The Balaban J connectivity index is 3.34. The molecule has 54 valence electrons. The van der Waals surface area contributed by atoms with Gasteiger partial charge >= 0.3 is 5.97 Å². The summed E-state index contributed by atoms with van der Waals surface area (Å²) in [5.41, 5.74) is 10.5. The third-order valence-electron chi connectivity index (χ3n) is 0.959. The van der Waals surface area contributed by atoms with Crippen LogP contribution in [0.15, 0.2) is 0 Å². The molecule has 0 aromatic heterocycles. The van der Waals surface area contributed by atoms with Gasteiger partial charge in [0.1, 0.15) is 0 Å². The van der Waals surface area contributed by atoms with Crippen LogP contribution in [-0.2, 0) is 9.53 Å². The van der Waals surface area contributed by atoms with E-state index in [0.717, 1.165) is 0 Å². The lowest BCUT2D eigenvalue weighted by atomic mass is 10.2. The van der Waals surface area contributed by atoms with Crippen LogP contribution in [0, 0.1) is 0 Å². The molecule has 0 aromatic carbocycles. The van der Waals surface area contributed by atoms with Crippen molar-refractivity contribution >= 4 is 5.97 Å². The number of hydrogen-bond acceptors (Lipinski definition) is 4. The van der Waals surface area contributed by atoms with Gasteiger partial charge in [0, 0.05) is 12.6 Å². The fourth-order valence-electron chi connectivity index (χ4n) is 0.381. The molecule has 0 fully saturated rings.